The quantitative estimate of drug-likeness (QED) is 0.551. The molecule has 0 bridgehead atoms. The number of nitrogen functional groups attached to an aromatic ring is 1. The van der Waals surface area contributed by atoms with E-state index in [1.165, 1.54) is 12.1 Å². The monoisotopic (exact) mass is 141 g/mol. The Labute approximate surface area is 57.9 Å². The third-order valence-electron chi connectivity index (χ3n) is 1.17. The summed E-state index contributed by atoms with van der Waals surface area (Å²) >= 11 is 0. The SMILES string of the molecule is NCc1nc(F)ccc1N. The smallest absolute Gasteiger partial charge is 0.213 e. The van der Waals surface area contributed by atoms with E-state index in [9.17, 15) is 4.39 Å². The molecule has 0 aliphatic carbocycles. The fourth-order valence-electron chi connectivity index (χ4n) is 0.649. The minimum atomic E-state index is -0.547. The van der Waals surface area contributed by atoms with Gasteiger partial charge in [0.05, 0.1) is 11.4 Å². The second-order valence-electron chi connectivity index (χ2n) is 1.87. The summed E-state index contributed by atoms with van der Waals surface area (Å²) in [5.74, 6) is -0.547. The van der Waals surface area contributed by atoms with Crippen LogP contribution in [0.4, 0.5) is 10.1 Å². The van der Waals surface area contributed by atoms with Crippen molar-refractivity contribution in [3.05, 3.63) is 23.8 Å². The van der Waals surface area contributed by atoms with Crippen LogP contribution >= 0.6 is 0 Å². The lowest BCUT2D eigenvalue weighted by Gasteiger charge is -1.99. The molecule has 0 atom stereocenters. The second kappa shape index (κ2) is 2.62. The predicted octanol–water partition coefficient (Wildman–Crippen LogP) is 0.262. The van der Waals surface area contributed by atoms with E-state index in [2.05, 4.69) is 4.98 Å². The Morgan fingerprint density at radius 1 is 1.50 bits per heavy atom. The molecule has 1 aromatic heterocycles. The molecule has 0 saturated heterocycles. The van der Waals surface area contributed by atoms with Gasteiger partial charge in [0, 0.05) is 6.54 Å². The van der Waals surface area contributed by atoms with Crippen LogP contribution in [0.5, 0.6) is 0 Å². The minimum absolute atomic E-state index is 0.170. The molecule has 1 heterocycles. The summed E-state index contributed by atoms with van der Waals surface area (Å²) in [6.07, 6.45) is 0. The van der Waals surface area contributed by atoms with Gasteiger partial charge in [0.1, 0.15) is 0 Å². The van der Waals surface area contributed by atoms with Crippen molar-refractivity contribution in [1.82, 2.24) is 4.98 Å². The Balaban J connectivity index is 3.09. The molecule has 0 saturated carbocycles. The van der Waals surface area contributed by atoms with E-state index in [0.29, 0.717) is 11.4 Å². The van der Waals surface area contributed by atoms with E-state index in [0.717, 1.165) is 0 Å². The summed E-state index contributed by atoms with van der Waals surface area (Å²) in [5.41, 5.74) is 11.4. The lowest BCUT2D eigenvalue weighted by molar-refractivity contribution is 0.577. The van der Waals surface area contributed by atoms with Gasteiger partial charge in [-0.25, -0.2) is 4.98 Å². The number of rotatable bonds is 1. The molecular weight excluding hydrogens is 133 g/mol. The van der Waals surface area contributed by atoms with E-state index >= 15 is 0 Å². The molecule has 0 radical (unpaired) electrons. The number of hydrogen-bond donors (Lipinski definition) is 2. The van der Waals surface area contributed by atoms with Crippen molar-refractivity contribution in [3.63, 3.8) is 0 Å². The van der Waals surface area contributed by atoms with E-state index in [4.69, 9.17) is 11.5 Å². The molecule has 1 aromatic rings. The van der Waals surface area contributed by atoms with Gasteiger partial charge in [0.25, 0.3) is 0 Å². The molecule has 4 heteroatoms. The van der Waals surface area contributed by atoms with Crippen molar-refractivity contribution >= 4 is 5.69 Å². The highest BCUT2D eigenvalue weighted by Crippen LogP contribution is 2.07. The summed E-state index contributed by atoms with van der Waals surface area (Å²) in [6.45, 7) is 0.170. The van der Waals surface area contributed by atoms with Gasteiger partial charge in [0.2, 0.25) is 5.95 Å². The Hall–Kier alpha value is -1.16. The predicted molar refractivity (Wildman–Crippen MR) is 36.5 cm³/mol. The van der Waals surface area contributed by atoms with Gasteiger partial charge < -0.3 is 11.5 Å². The van der Waals surface area contributed by atoms with Crippen LogP contribution in [-0.4, -0.2) is 4.98 Å². The average molecular weight is 141 g/mol. The summed E-state index contributed by atoms with van der Waals surface area (Å²) in [6, 6.07) is 2.65. The molecule has 54 valence electrons. The standard InChI is InChI=1S/C6H8FN3/c7-6-2-1-4(9)5(3-8)10-6/h1-2H,3,8-9H2. The van der Waals surface area contributed by atoms with Crippen molar-refractivity contribution in [3.8, 4) is 0 Å². The van der Waals surface area contributed by atoms with Crippen molar-refractivity contribution < 1.29 is 4.39 Å². The van der Waals surface area contributed by atoms with Crippen LogP contribution in [0, 0.1) is 5.95 Å². The van der Waals surface area contributed by atoms with Crippen molar-refractivity contribution in [2.45, 2.75) is 6.54 Å². The second-order valence-corrected chi connectivity index (χ2v) is 1.87. The fourth-order valence-corrected chi connectivity index (χ4v) is 0.649. The highest BCUT2D eigenvalue weighted by molar-refractivity contribution is 5.41. The van der Waals surface area contributed by atoms with Gasteiger partial charge in [-0.05, 0) is 12.1 Å². The molecule has 3 nitrogen and oxygen atoms in total. The third kappa shape index (κ3) is 1.22. The van der Waals surface area contributed by atoms with Gasteiger partial charge in [-0.15, -0.1) is 0 Å². The number of hydrogen-bond acceptors (Lipinski definition) is 3. The van der Waals surface area contributed by atoms with E-state index in [1.54, 1.807) is 0 Å². The minimum Gasteiger partial charge on any atom is -0.397 e. The zero-order chi connectivity index (χ0) is 7.56. The molecule has 10 heavy (non-hydrogen) atoms. The number of nitrogens with zero attached hydrogens (tertiary/aromatic N) is 1. The summed E-state index contributed by atoms with van der Waals surface area (Å²) < 4.78 is 12.3. The van der Waals surface area contributed by atoms with E-state index < -0.39 is 5.95 Å². The van der Waals surface area contributed by atoms with Crippen molar-refractivity contribution in [1.29, 1.82) is 0 Å². The first-order valence-electron chi connectivity index (χ1n) is 2.85. The largest absolute Gasteiger partial charge is 0.397 e. The molecule has 0 spiro atoms. The molecule has 0 aromatic carbocycles. The zero-order valence-corrected chi connectivity index (χ0v) is 5.34. The molecule has 0 amide bonds. The number of anilines is 1. The molecule has 1 rings (SSSR count). The maximum atomic E-state index is 12.3. The van der Waals surface area contributed by atoms with Gasteiger partial charge in [-0.2, -0.15) is 4.39 Å². The number of aromatic nitrogens is 1. The van der Waals surface area contributed by atoms with Crippen LogP contribution in [0.3, 0.4) is 0 Å². The van der Waals surface area contributed by atoms with Gasteiger partial charge in [0.15, 0.2) is 0 Å². The third-order valence-corrected chi connectivity index (χ3v) is 1.17. The Morgan fingerprint density at radius 3 is 2.70 bits per heavy atom. The maximum absolute atomic E-state index is 12.3. The molecule has 0 aliphatic heterocycles. The highest BCUT2D eigenvalue weighted by atomic mass is 19.1. The molecule has 0 aliphatic rings. The number of nitrogens with two attached hydrogens (primary N) is 2. The first-order valence-corrected chi connectivity index (χ1v) is 2.85. The molecular formula is C6H8FN3. The lowest BCUT2D eigenvalue weighted by atomic mass is 10.3. The van der Waals surface area contributed by atoms with Gasteiger partial charge in [-0.1, -0.05) is 0 Å². The van der Waals surface area contributed by atoms with Crippen LogP contribution < -0.4 is 11.5 Å². The molecule has 4 N–H and O–H groups in total. The average Bonchev–Trinajstić information content (AvgIpc) is 1.94. The Kier molecular flexibility index (Phi) is 1.82. The molecule has 0 fully saturated rings. The first-order chi connectivity index (χ1) is 4.74. The van der Waals surface area contributed by atoms with Crippen molar-refractivity contribution in [2.24, 2.45) is 5.73 Å². The molecule has 0 unspecified atom stereocenters. The van der Waals surface area contributed by atoms with Crippen LogP contribution in [0.15, 0.2) is 12.1 Å². The highest BCUT2D eigenvalue weighted by Gasteiger charge is 1.98. The summed E-state index contributed by atoms with van der Waals surface area (Å²) in [7, 11) is 0. The fraction of sp³-hybridized carbons (Fsp3) is 0.167. The number of halogens is 1. The zero-order valence-electron chi connectivity index (χ0n) is 5.34. The Morgan fingerprint density at radius 2 is 2.20 bits per heavy atom. The number of pyridine rings is 1. The summed E-state index contributed by atoms with van der Waals surface area (Å²) in [5, 5.41) is 0. The normalized spacial score (nSPS) is 9.80. The Bertz CT molecular complexity index is 236. The van der Waals surface area contributed by atoms with Crippen LogP contribution in [0.25, 0.3) is 0 Å². The van der Waals surface area contributed by atoms with Crippen molar-refractivity contribution in [2.75, 3.05) is 5.73 Å². The maximum Gasteiger partial charge on any atom is 0.213 e. The van der Waals surface area contributed by atoms with E-state index in [-0.39, 0.29) is 6.54 Å². The van der Waals surface area contributed by atoms with Gasteiger partial charge >= 0.3 is 0 Å². The lowest BCUT2D eigenvalue weighted by Crippen LogP contribution is -2.05. The first kappa shape index (κ1) is 6.95. The van der Waals surface area contributed by atoms with E-state index in [1.807, 2.05) is 0 Å². The van der Waals surface area contributed by atoms with Crippen LogP contribution in [0.2, 0.25) is 0 Å². The van der Waals surface area contributed by atoms with Crippen LogP contribution in [0.1, 0.15) is 5.69 Å². The van der Waals surface area contributed by atoms with Gasteiger partial charge in [-0.3, -0.25) is 0 Å². The topological polar surface area (TPSA) is 64.9 Å². The summed E-state index contributed by atoms with van der Waals surface area (Å²) in [4.78, 5) is 3.47. The van der Waals surface area contributed by atoms with Crippen LogP contribution in [-0.2, 0) is 6.54 Å².